The minimum absolute atomic E-state index is 0.467. The van der Waals surface area contributed by atoms with E-state index < -0.39 is 0 Å². The highest BCUT2D eigenvalue weighted by Gasteiger charge is 2.19. The lowest BCUT2D eigenvalue weighted by Crippen LogP contribution is -2.17. The fraction of sp³-hybridized carbons (Fsp3) is 0.429. The summed E-state index contributed by atoms with van der Waals surface area (Å²) in [5.41, 5.74) is 3.84. The van der Waals surface area contributed by atoms with Gasteiger partial charge in [0.15, 0.2) is 0 Å². The molecule has 0 radical (unpaired) electrons. The van der Waals surface area contributed by atoms with Crippen LogP contribution in [0.25, 0.3) is 0 Å². The van der Waals surface area contributed by atoms with E-state index in [0.717, 1.165) is 13.1 Å². The standard InChI is InChI=1S/C14H18N4/c1-11-7-15-6-4-12(11)9-18-10-16-8-14(18)13-3-2-5-17-13/h4,6-8,10,13,17H,2-3,5,9H2,1H3. The molecule has 1 saturated heterocycles. The van der Waals surface area contributed by atoms with Gasteiger partial charge in [-0.2, -0.15) is 0 Å². The fourth-order valence-electron chi connectivity index (χ4n) is 2.55. The van der Waals surface area contributed by atoms with Gasteiger partial charge in [0.05, 0.1) is 12.0 Å². The van der Waals surface area contributed by atoms with Crippen molar-refractivity contribution in [3.8, 4) is 0 Å². The van der Waals surface area contributed by atoms with Crippen molar-refractivity contribution in [2.24, 2.45) is 0 Å². The molecule has 2 aromatic rings. The first kappa shape index (κ1) is 11.4. The van der Waals surface area contributed by atoms with Crippen LogP contribution in [-0.4, -0.2) is 21.1 Å². The van der Waals surface area contributed by atoms with Gasteiger partial charge in [0, 0.05) is 31.2 Å². The zero-order valence-electron chi connectivity index (χ0n) is 10.6. The highest BCUT2D eigenvalue weighted by Crippen LogP contribution is 2.23. The predicted octanol–water partition coefficient (Wildman–Crippen LogP) is 2.06. The van der Waals surface area contributed by atoms with Crippen LogP contribution in [0, 0.1) is 6.92 Å². The van der Waals surface area contributed by atoms with Crippen LogP contribution in [0.5, 0.6) is 0 Å². The summed E-state index contributed by atoms with van der Waals surface area (Å²) in [6, 6.07) is 2.55. The number of pyridine rings is 1. The molecule has 4 nitrogen and oxygen atoms in total. The molecule has 1 aliphatic heterocycles. The van der Waals surface area contributed by atoms with Crippen LogP contribution in [0.3, 0.4) is 0 Å². The first-order valence-corrected chi connectivity index (χ1v) is 6.47. The molecule has 0 aromatic carbocycles. The summed E-state index contributed by atoms with van der Waals surface area (Å²) in [4.78, 5) is 8.44. The maximum absolute atomic E-state index is 4.30. The zero-order chi connectivity index (χ0) is 12.4. The first-order valence-electron chi connectivity index (χ1n) is 6.47. The Labute approximate surface area is 107 Å². The Morgan fingerprint density at radius 1 is 1.39 bits per heavy atom. The van der Waals surface area contributed by atoms with Crippen molar-refractivity contribution < 1.29 is 0 Å². The largest absolute Gasteiger partial charge is 0.329 e. The van der Waals surface area contributed by atoms with Crippen LogP contribution in [0.2, 0.25) is 0 Å². The average molecular weight is 242 g/mol. The fourth-order valence-corrected chi connectivity index (χ4v) is 2.55. The van der Waals surface area contributed by atoms with Crippen molar-refractivity contribution in [2.75, 3.05) is 6.54 Å². The molecular weight excluding hydrogens is 224 g/mol. The van der Waals surface area contributed by atoms with E-state index in [9.17, 15) is 0 Å². The number of hydrogen-bond acceptors (Lipinski definition) is 3. The second-order valence-electron chi connectivity index (χ2n) is 4.90. The lowest BCUT2D eigenvalue weighted by Gasteiger charge is -2.14. The Morgan fingerprint density at radius 3 is 3.11 bits per heavy atom. The Kier molecular flexibility index (Phi) is 3.11. The molecule has 0 amide bonds. The van der Waals surface area contributed by atoms with Gasteiger partial charge >= 0.3 is 0 Å². The molecule has 3 rings (SSSR count). The van der Waals surface area contributed by atoms with E-state index in [-0.39, 0.29) is 0 Å². The number of rotatable bonds is 3. The monoisotopic (exact) mass is 242 g/mol. The topological polar surface area (TPSA) is 42.7 Å². The number of hydrogen-bond donors (Lipinski definition) is 1. The van der Waals surface area contributed by atoms with Crippen molar-refractivity contribution in [2.45, 2.75) is 32.4 Å². The smallest absolute Gasteiger partial charge is 0.0951 e. The molecule has 1 atom stereocenters. The van der Waals surface area contributed by atoms with Gasteiger partial charge in [-0.15, -0.1) is 0 Å². The van der Waals surface area contributed by atoms with Crippen molar-refractivity contribution in [3.05, 3.63) is 47.8 Å². The molecule has 2 aromatic heterocycles. The lowest BCUT2D eigenvalue weighted by molar-refractivity contribution is 0.583. The van der Waals surface area contributed by atoms with E-state index >= 15 is 0 Å². The molecular formula is C14H18N4. The van der Waals surface area contributed by atoms with Gasteiger partial charge in [-0.25, -0.2) is 4.98 Å². The van der Waals surface area contributed by atoms with Crippen molar-refractivity contribution in [1.82, 2.24) is 19.9 Å². The number of aryl methyl sites for hydroxylation is 1. The van der Waals surface area contributed by atoms with Crippen molar-refractivity contribution in [1.29, 1.82) is 0 Å². The number of aromatic nitrogens is 3. The molecule has 0 bridgehead atoms. The maximum Gasteiger partial charge on any atom is 0.0951 e. The maximum atomic E-state index is 4.30. The average Bonchev–Trinajstić information content (AvgIpc) is 3.02. The van der Waals surface area contributed by atoms with Crippen LogP contribution < -0.4 is 5.32 Å². The number of imidazole rings is 1. The molecule has 1 N–H and O–H groups in total. The molecule has 1 unspecified atom stereocenters. The third kappa shape index (κ3) is 2.16. The third-order valence-electron chi connectivity index (χ3n) is 3.64. The van der Waals surface area contributed by atoms with Gasteiger partial charge in [0.1, 0.15) is 0 Å². The van der Waals surface area contributed by atoms with Gasteiger partial charge in [0.25, 0.3) is 0 Å². The summed E-state index contributed by atoms with van der Waals surface area (Å²) in [5, 5.41) is 3.53. The highest BCUT2D eigenvalue weighted by molar-refractivity contribution is 5.23. The normalized spacial score (nSPS) is 19.3. The molecule has 0 saturated carbocycles. The van der Waals surface area contributed by atoms with E-state index in [1.54, 1.807) is 0 Å². The molecule has 0 spiro atoms. The molecule has 1 fully saturated rings. The SMILES string of the molecule is Cc1cnccc1Cn1cncc1C1CCCN1. The van der Waals surface area contributed by atoms with E-state index in [2.05, 4.69) is 32.8 Å². The Morgan fingerprint density at radius 2 is 2.33 bits per heavy atom. The Hall–Kier alpha value is -1.68. The van der Waals surface area contributed by atoms with Gasteiger partial charge in [-0.05, 0) is 43.5 Å². The van der Waals surface area contributed by atoms with Gasteiger partial charge < -0.3 is 9.88 Å². The second kappa shape index (κ2) is 4.90. The zero-order valence-corrected chi connectivity index (χ0v) is 10.6. The summed E-state index contributed by atoms with van der Waals surface area (Å²) >= 11 is 0. The Balaban J connectivity index is 1.85. The minimum Gasteiger partial charge on any atom is -0.329 e. The minimum atomic E-state index is 0.467. The highest BCUT2D eigenvalue weighted by atomic mass is 15.1. The Bertz CT molecular complexity index is 526. The van der Waals surface area contributed by atoms with Crippen molar-refractivity contribution in [3.63, 3.8) is 0 Å². The molecule has 1 aliphatic rings. The quantitative estimate of drug-likeness (QED) is 0.896. The molecule has 4 heteroatoms. The van der Waals surface area contributed by atoms with Crippen LogP contribution in [-0.2, 0) is 6.54 Å². The summed E-state index contributed by atoms with van der Waals surface area (Å²) in [5.74, 6) is 0. The van der Waals surface area contributed by atoms with E-state index in [1.807, 2.05) is 24.9 Å². The van der Waals surface area contributed by atoms with Gasteiger partial charge in [-0.3, -0.25) is 4.98 Å². The van der Waals surface area contributed by atoms with E-state index in [0.29, 0.717) is 6.04 Å². The lowest BCUT2D eigenvalue weighted by atomic mass is 10.1. The summed E-state index contributed by atoms with van der Waals surface area (Å²) in [7, 11) is 0. The number of nitrogens with one attached hydrogen (secondary N) is 1. The van der Waals surface area contributed by atoms with E-state index in [4.69, 9.17) is 0 Å². The first-order chi connectivity index (χ1) is 8.84. The van der Waals surface area contributed by atoms with Crippen LogP contribution in [0.4, 0.5) is 0 Å². The predicted molar refractivity (Wildman–Crippen MR) is 70.3 cm³/mol. The van der Waals surface area contributed by atoms with Crippen LogP contribution >= 0.6 is 0 Å². The third-order valence-corrected chi connectivity index (χ3v) is 3.64. The van der Waals surface area contributed by atoms with Gasteiger partial charge in [0.2, 0.25) is 0 Å². The molecule has 0 aliphatic carbocycles. The summed E-state index contributed by atoms with van der Waals surface area (Å²) < 4.78 is 2.24. The van der Waals surface area contributed by atoms with Gasteiger partial charge in [-0.1, -0.05) is 0 Å². The van der Waals surface area contributed by atoms with E-state index in [1.165, 1.54) is 29.7 Å². The molecule has 94 valence electrons. The van der Waals surface area contributed by atoms with Crippen molar-refractivity contribution >= 4 is 0 Å². The number of nitrogens with zero attached hydrogens (tertiary/aromatic N) is 3. The molecule has 18 heavy (non-hydrogen) atoms. The summed E-state index contributed by atoms with van der Waals surface area (Å²) in [6.45, 7) is 4.10. The van der Waals surface area contributed by atoms with Crippen LogP contribution in [0.15, 0.2) is 31.0 Å². The molecule has 3 heterocycles. The van der Waals surface area contributed by atoms with Crippen LogP contribution in [0.1, 0.15) is 35.7 Å². The summed E-state index contributed by atoms with van der Waals surface area (Å²) in [6.07, 6.45) is 10.1. The second-order valence-corrected chi connectivity index (χ2v) is 4.90.